The summed E-state index contributed by atoms with van der Waals surface area (Å²) in [6.07, 6.45) is 0. The van der Waals surface area contributed by atoms with Crippen molar-refractivity contribution < 1.29 is 0 Å². The van der Waals surface area contributed by atoms with Crippen molar-refractivity contribution in [1.82, 2.24) is 14.5 Å². The third-order valence-corrected chi connectivity index (χ3v) is 3.23. The number of halogens is 2. The second-order valence-corrected chi connectivity index (χ2v) is 4.76. The van der Waals surface area contributed by atoms with E-state index in [1.807, 2.05) is 41.9 Å². The van der Waals surface area contributed by atoms with E-state index in [1.165, 1.54) is 6.07 Å². The smallest absolute Gasteiger partial charge is 0.179 e. The number of rotatable bonds is 1. The van der Waals surface area contributed by atoms with Crippen LogP contribution in [-0.2, 0) is 7.05 Å². The standard InChI is InChI=1S/C13H9Cl2N3/c1-18-9-5-3-2-4-8(9)6-10(18)13-16-11(14)7-12(15)17-13/h2-7H,1H3. The predicted octanol–water partition coefficient (Wildman–Crippen LogP) is 3.94. The van der Waals surface area contributed by atoms with E-state index >= 15 is 0 Å². The van der Waals surface area contributed by atoms with E-state index in [-0.39, 0.29) is 0 Å². The Kier molecular flexibility index (Phi) is 2.73. The number of nitrogens with zero attached hydrogens (tertiary/aromatic N) is 3. The van der Waals surface area contributed by atoms with Crippen molar-refractivity contribution in [2.24, 2.45) is 7.05 Å². The first-order valence-electron chi connectivity index (χ1n) is 5.40. The molecule has 2 aromatic heterocycles. The van der Waals surface area contributed by atoms with Gasteiger partial charge in [-0.3, -0.25) is 0 Å². The largest absolute Gasteiger partial charge is 0.341 e. The van der Waals surface area contributed by atoms with Crippen molar-refractivity contribution in [3.63, 3.8) is 0 Å². The Bertz CT molecular complexity index is 714. The van der Waals surface area contributed by atoms with E-state index < -0.39 is 0 Å². The summed E-state index contributed by atoms with van der Waals surface area (Å²) in [6, 6.07) is 11.6. The van der Waals surface area contributed by atoms with Crippen LogP contribution in [0.25, 0.3) is 22.4 Å². The van der Waals surface area contributed by atoms with Gasteiger partial charge in [-0.15, -0.1) is 0 Å². The molecule has 0 radical (unpaired) electrons. The van der Waals surface area contributed by atoms with Gasteiger partial charge >= 0.3 is 0 Å². The number of fused-ring (bicyclic) bond motifs is 1. The lowest BCUT2D eigenvalue weighted by Gasteiger charge is -2.03. The molecule has 0 N–H and O–H groups in total. The zero-order valence-corrected chi connectivity index (χ0v) is 11.1. The van der Waals surface area contributed by atoms with Gasteiger partial charge in [-0.1, -0.05) is 41.4 Å². The van der Waals surface area contributed by atoms with Crippen LogP contribution < -0.4 is 0 Å². The van der Waals surface area contributed by atoms with Gasteiger partial charge in [-0.2, -0.15) is 0 Å². The summed E-state index contributed by atoms with van der Waals surface area (Å²) >= 11 is 11.8. The Balaban J connectivity index is 2.28. The number of para-hydroxylation sites is 1. The molecule has 3 aromatic rings. The molecule has 0 aliphatic rings. The molecule has 0 saturated heterocycles. The number of benzene rings is 1. The number of aromatic nitrogens is 3. The molecular weight excluding hydrogens is 269 g/mol. The highest BCUT2D eigenvalue weighted by atomic mass is 35.5. The Morgan fingerprint density at radius 3 is 2.33 bits per heavy atom. The van der Waals surface area contributed by atoms with Crippen molar-refractivity contribution >= 4 is 34.1 Å². The van der Waals surface area contributed by atoms with Crippen LogP contribution in [0.15, 0.2) is 36.4 Å². The summed E-state index contributed by atoms with van der Waals surface area (Å²) in [5, 5.41) is 1.82. The molecule has 90 valence electrons. The molecule has 0 fully saturated rings. The van der Waals surface area contributed by atoms with E-state index in [2.05, 4.69) is 9.97 Å². The molecule has 0 unspecified atom stereocenters. The lowest BCUT2D eigenvalue weighted by Crippen LogP contribution is -1.96. The van der Waals surface area contributed by atoms with Gasteiger partial charge in [0.25, 0.3) is 0 Å². The van der Waals surface area contributed by atoms with Crippen LogP contribution in [0.4, 0.5) is 0 Å². The third kappa shape index (κ3) is 1.85. The highest BCUT2D eigenvalue weighted by Gasteiger charge is 2.11. The minimum absolute atomic E-state index is 0.343. The summed E-state index contributed by atoms with van der Waals surface area (Å²) in [5.74, 6) is 0.534. The predicted molar refractivity (Wildman–Crippen MR) is 74.0 cm³/mol. The number of hydrogen-bond donors (Lipinski definition) is 0. The molecule has 0 saturated carbocycles. The van der Waals surface area contributed by atoms with E-state index in [0.29, 0.717) is 16.1 Å². The fourth-order valence-corrected chi connectivity index (χ4v) is 2.43. The Morgan fingerprint density at radius 1 is 1.00 bits per heavy atom. The first-order chi connectivity index (χ1) is 8.65. The Labute approximate surface area is 114 Å². The fourth-order valence-electron chi connectivity index (χ4n) is 2.01. The minimum Gasteiger partial charge on any atom is -0.341 e. The normalized spacial score (nSPS) is 11.1. The average Bonchev–Trinajstić information content (AvgIpc) is 2.66. The van der Waals surface area contributed by atoms with Crippen LogP contribution in [0.5, 0.6) is 0 Å². The second-order valence-electron chi connectivity index (χ2n) is 3.98. The molecule has 5 heteroatoms. The van der Waals surface area contributed by atoms with Gasteiger partial charge in [0.1, 0.15) is 10.3 Å². The summed E-state index contributed by atoms with van der Waals surface area (Å²) in [6.45, 7) is 0. The Hall–Kier alpha value is -1.58. The molecule has 2 heterocycles. The van der Waals surface area contributed by atoms with Crippen molar-refractivity contribution in [3.8, 4) is 11.5 Å². The second kappa shape index (κ2) is 4.26. The molecule has 1 aromatic carbocycles. The third-order valence-electron chi connectivity index (χ3n) is 2.84. The topological polar surface area (TPSA) is 30.7 Å². The zero-order valence-electron chi connectivity index (χ0n) is 9.56. The minimum atomic E-state index is 0.343. The monoisotopic (exact) mass is 277 g/mol. The molecule has 3 rings (SSSR count). The van der Waals surface area contributed by atoms with E-state index in [9.17, 15) is 0 Å². The lowest BCUT2D eigenvalue weighted by molar-refractivity contribution is 0.957. The zero-order chi connectivity index (χ0) is 12.7. The van der Waals surface area contributed by atoms with Crippen molar-refractivity contribution in [2.45, 2.75) is 0 Å². The molecule has 0 bridgehead atoms. The van der Waals surface area contributed by atoms with Crippen LogP contribution >= 0.6 is 23.2 Å². The maximum absolute atomic E-state index is 5.91. The van der Waals surface area contributed by atoms with E-state index in [4.69, 9.17) is 23.2 Å². The first kappa shape index (κ1) is 11.5. The number of hydrogen-bond acceptors (Lipinski definition) is 2. The van der Waals surface area contributed by atoms with E-state index in [0.717, 1.165) is 16.6 Å². The van der Waals surface area contributed by atoms with Crippen molar-refractivity contribution in [2.75, 3.05) is 0 Å². The average molecular weight is 278 g/mol. The summed E-state index contributed by atoms with van der Waals surface area (Å²) in [4.78, 5) is 8.42. The van der Waals surface area contributed by atoms with E-state index in [1.54, 1.807) is 0 Å². The van der Waals surface area contributed by atoms with Crippen LogP contribution in [0.1, 0.15) is 0 Å². The van der Waals surface area contributed by atoms with Crippen LogP contribution in [0, 0.1) is 0 Å². The van der Waals surface area contributed by atoms with Crippen molar-refractivity contribution in [3.05, 3.63) is 46.7 Å². The van der Waals surface area contributed by atoms with Crippen LogP contribution in [0.2, 0.25) is 10.3 Å². The Morgan fingerprint density at radius 2 is 1.67 bits per heavy atom. The van der Waals surface area contributed by atoms with Gasteiger partial charge in [0, 0.05) is 24.0 Å². The van der Waals surface area contributed by atoms with Gasteiger partial charge < -0.3 is 4.57 Å². The van der Waals surface area contributed by atoms with Gasteiger partial charge in [0.2, 0.25) is 0 Å². The molecular formula is C13H9Cl2N3. The lowest BCUT2D eigenvalue weighted by atomic mass is 10.2. The van der Waals surface area contributed by atoms with Gasteiger partial charge in [-0.05, 0) is 12.1 Å². The maximum Gasteiger partial charge on any atom is 0.179 e. The molecule has 0 aliphatic heterocycles. The molecule has 0 amide bonds. The van der Waals surface area contributed by atoms with Crippen LogP contribution in [-0.4, -0.2) is 14.5 Å². The summed E-state index contributed by atoms with van der Waals surface area (Å²) in [5.41, 5.74) is 2.01. The maximum atomic E-state index is 5.91. The van der Waals surface area contributed by atoms with Gasteiger partial charge in [0.05, 0.1) is 5.69 Å². The molecule has 0 aliphatic carbocycles. The van der Waals surface area contributed by atoms with Gasteiger partial charge in [-0.25, -0.2) is 9.97 Å². The highest BCUT2D eigenvalue weighted by Crippen LogP contribution is 2.26. The van der Waals surface area contributed by atoms with Crippen LogP contribution in [0.3, 0.4) is 0 Å². The quantitative estimate of drug-likeness (QED) is 0.631. The number of aryl methyl sites for hydroxylation is 1. The summed E-state index contributed by atoms with van der Waals surface area (Å²) < 4.78 is 2.03. The summed E-state index contributed by atoms with van der Waals surface area (Å²) in [7, 11) is 1.97. The fraction of sp³-hybridized carbons (Fsp3) is 0.0769. The van der Waals surface area contributed by atoms with Crippen molar-refractivity contribution in [1.29, 1.82) is 0 Å². The SMILES string of the molecule is Cn1c(-c2nc(Cl)cc(Cl)n2)cc2ccccc21. The first-order valence-corrected chi connectivity index (χ1v) is 6.15. The molecule has 0 spiro atoms. The molecule has 3 nitrogen and oxygen atoms in total. The highest BCUT2D eigenvalue weighted by molar-refractivity contribution is 6.33. The van der Waals surface area contributed by atoms with Gasteiger partial charge in [0.15, 0.2) is 5.82 Å². The molecule has 0 atom stereocenters. The molecule has 18 heavy (non-hydrogen) atoms.